The van der Waals surface area contributed by atoms with E-state index in [4.69, 9.17) is 0 Å². The number of rotatable bonds is 2. The van der Waals surface area contributed by atoms with E-state index in [9.17, 15) is 5.11 Å². The highest BCUT2D eigenvalue weighted by molar-refractivity contribution is 5.89. The molecule has 1 aliphatic rings. The van der Waals surface area contributed by atoms with E-state index in [-0.39, 0.29) is 0 Å². The van der Waals surface area contributed by atoms with Gasteiger partial charge < -0.3 is 5.11 Å². The monoisotopic (exact) mass is 302 g/mol. The molecule has 3 aromatic carbocycles. The summed E-state index contributed by atoms with van der Waals surface area (Å²) >= 11 is 0. The summed E-state index contributed by atoms with van der Waals surface area (Å²) in [5, 5.41) is 12.8. The highest BCUT2D eigenvalue weighted by Crippen LogP contribution is 2.44. The average molecular weight is 302 g/mol. The van der Waals surface area contributed by atoms with Crippen LogP contribution in [0.4, 0.5) is 0 Å². The molecule has 0 heterocycles. The summed E-state index contributed by atoms with van der Waals surface area (Å²) in [5.41, 5.74) is 2.60. The van der Waals surface area contributed by atoms with Crippen LogP contribution < -0.4 is 0 Å². The van der Waals surface area contributed by atoms with Crippen molar-refractivity contribution in [3.05, 3.63) is 77.9 Å². The van der Waals surface area contributed by atoms with Crippen LogP contribution in [0.25, 0.3) is 10.8 Å². The molecule has 1 aliphatic carbocycles. The molecule has 4 rings (SSSR count). The normalized spacial score (nSPS) is 21.4. The Bertz CT molecular complexity index is 799. The summed E-state index contributed by atoms with van der Waals surface area (Å²) in [7, 11) is 0. The van der Waals surface area contributed by atoms with Crippen molar-refractivity contribution in [2.45, 2.75) is 37.5 Å². The van der Waals surface area contributed by atoms with Crippen molar-refractivity contribution in [3.63, 3.8) is 0 Å². The first-order valence-electron chi connectivity index (χ1n) is 8.58. The van der Waals surface area contributed by atoms with E-state index in [1.54, 1.807) is 0 Å². The zero-order valence-electron chi connectivity index (χ0n) is 13.3. The van der Waals surface area contributed by atoms with Gasteiger partial charge in [0.05, 0.1) is 0 Å². The number of benzene rings is 3. The summed E-state index contributed by atoms with van der Waals surface area (Å²) in [5.74, 6) is 1.65. The Morgan fingerprint density at radius 1 is 0.652 bits per heavy atom. The van der Waals surface area contributed by atoms with Crippen molar-refractivity contribution in [1.29, 1.82) is 0 Å². The average Bonchev–Trinajstić information content (AvgIpc) is 2.63. The van der Waals surface area contributed by atoms with Crippen LogP contribution in [0.15, 0.2) is 66.7 Å². The van der Waals surface area contributed by atoms with Gasteiger partial charge in [0.2, 0.25) is 0 Å². The van der Waals surface area contributed by atoms with Gasteiger partial charge in [-0.05, 0) is 54.0 Å². The fourth-order valence-electron chi connectivity index (χ4n) is 4.06. The fraction of sp³-hybridized carbons (Fsp3) is 0.273. The van der Waals surface area contributed by atoms with Gasteiger partial charge in [0.25, 0.3) is 0 Å². The topological polar surface area (TPSA) is 20.2 Å². The SMILES string of the molecule is Oc1c(C2CCC(c3ccccc3)CC2)ccc2ccccc12. The molecular weight excluding hydrogens is 280 g/mol. The molecule has 1 N–H and O–H groups in total. The van der Waals surface area contributed by atoms with Crippen molar-refractivity contribution in [2.24, 2.45) is 0 Å². The van der Waals surface area contributed by atoms with Crippen molar-refractivity contribution >= 4 is 10.8 Å². The van der Waals surface area contributed by atoms with Crippen LogP contribution in [0.1, 0.15) is 48.6 Å². The molecule has 0 aliphatic heterocycles. The molecule has 1 nitrogen and oxygen atoms in total. The molecule has 0 aromatic heterocycles. The zero-order chi connectivity index (χ0) is 15.6. The Labute approximate surface area is 137 Å². The van der Waals surface area contributed by atoms with Crippen LogP contribution >= 0.6 is 0 Å². The number of aromatic hydroxyl groups is 1. The number of phenols is 1. The highest BCUT2D eigenvalue weighted by Gasteiger charge is 2.25. The Morgan fingerprint density at radius 3 is 2.09 bits per heavy atom. The van der Waals surface area contributed by atoms with Crippen molar-refractivity contribution in [3.8, 4) is 5.75 Å². The number of fused-ring (bicyclic) bond motifs is 1. The van der Waals surface area contributed by atoms with E-state index >= 15 is 0 Å². The minimum Gasteiger partial charge on any atom is -0.507 e. The summed E-state index contributed by atoms with van der Waals surface area (Å²) < 4.78 is 0. The Morgan fingerprint density at radius 2 is 1.30 bits per heavy atom. The van der Waals surface area contributed by atoms with Gasteiger partial charge in [-0.25, -0.2) is 0 Å². The first kappa shape index (κ1) is 14.3. The lowest BCUT2D eigenvalue weighted by molar-refractivity contribution is 0.383. The molecule has 3 aromatic rings. The van der Waals surface area contributed by atoms with Gasteiger partial charge in [-0.15, -0.1) is 0 Å². The predicted octanol–water partition coefficient (Wildman–Crippen LogP) is 5.99. The maximum atomic E-state index is 10.7. The molecule has 1 heteroatoms. The van der Waals surface area contributed by atoms with Gasteiger partial charge >= 0.3 is 0 Å². The van der Waals surface area contributed by atoms with E-state index in [0.717, 1.165) is 29.2 Å². The predicted molar refractivity (Wildman–Crippen MR) is 96.0 cm³/mol. The Hall–Kier alpha value is -2.28. The summed E-state index contributed by atoms with van der Waals surface area (Å²) in [4.78, 5) is 0. The second kappa shape index (κ2) is 6.08. The zero-order valence-corrected chi connectivity index (χ0v) is 13.3. The first-order chi connectivity index (χ1) is 11.3. The maximum Gasteiger partial charge on any atom is 0.126 e. The molecule has 23 heavy (non-hydrogen) atoms. The molecule has 0 radical (unpaired) electrons. The summed E-state index contributed by atoms with van der Waals surface area (Å²) in [6.45, 7) is 0. The molecule has 0 spiro atoms. The van der Waals surface area contributed by atoms with Crippen molar-refractivity contribution in [2.75, 3.05) is 0 Å². The Kier molecular flexibility index (Phi) is 3.78. The van der Waals surface area contributed by atoms with Gasteiger partial charge in [-0.1, -0.05) is 66.7 Å². The third-order valence-electron chi connectivity index (χ3n) is 5.37. The molecule has 1 saturated carbocycles. The van der Waals surface area contributed by atoms with Gasteiger partial charge in [0, 0.05) is 5.39 Å². The largest absolute Gasteiger partial charge is 0.507 e. The summed E-state index contributed by atoms with van der Waals surface area (Å²) in [6.07, 6.45) is 4.73. The van der Waals surface area contributed by atoms with Gasteiger partial charge in [-0.2, -0.15) is 0 Å². The van der Waals surface area contributed by atoms with Crippen LogP contribution in [0.3, 0.4) is 0 Å². The molecule has 0 atom stereocenters. The Balaban J connectivity index is 1.56. The third-order valence-corrected chi connectivity index (χ3v) is 5.37. The smallest absolute Gasteiger partial charge is 0.126 e. The number of hydrogen-bond donors (Lipinski definition) is 1. The van der Waals surface area contributed by atoms with Crippen LogP contribution in [0, 0.1) is 0 Å². The number of phenolic OH excluding ortho intramolecular Hbond substituents is 1. The fourth-order valence-corrected chi connectivity index (χ4v) is 4.06. The molecule has 1 fully saturated rings. The molecule has 0 unspecified atom stereocenters. The second-order valence-electron chi connectivity index (χ2n) is 6.68. The second-order valence-corrected chi connectivity index (χ2v) is 6.68. The van der Waals surface area contributed by atoms with Crippen LogP contribution in [-0.2, 0) is 0 Å². The van der Waals surface area contributed by atoms with E-state index in [1.165, 1.54) is 18.4 Å². The highest BCUT2D eigenvalue weighted by atomic mass is 16.3. The standard InChI is InChI=1S/C22H22O/c23-22-20-9-5-4-8-18(20)14-15-21(22)19-12-10-17(11-13-19)16-6-2-1-3-7-16/h1-9,14-15,17,19,23H,10-13H2. The van der Waals surface area contributed by atoms with Gasteiger partial charge in [0.15, 0.2) is 0 Å². The van der Waals surface area contributed by atoms with E-state index in [2.05, 4.69) is 48.5 Å². The van der Waals surface area contributed by atoms with E-state index in [0.29, 0.717) is 17.6 Å². The lowest BCUT2D eigenvalue weighted by Crippen LogP contribution is -2.12. The van der Waals surface area contributed by atoms with Crippen LogP contribution in [0.2, 0.25) is 0 Å². The molecule has 0 bridgehead atoms. The molecular formula is C22H22O. The summed E-state index contributed by atoms with van der Waals surface area (Å²) in [6, 6.07) is 23.2. The van der Waals surface area contributed by atoms with Crippen molar-refractivity contribution < 1.29 is 5.11 Å². The van der Waals surface area contributed by atoms with Crippen LogP contribution in [-0.4, -0.2) is 5.11 Å². The van der Waals surface area contributed by atoms with Gasteiger partial charge in [0.1, 0.15) is 5.75 Å². The number of hydrogen-bond acceptors (Lipinski definition) is 1. The molecule has 0 amide bonds. The quantitative estimate of drug-likeness (QED) is 0.616. The lowest BCUT2D eigenvalue weighted by Gasteiger charge is -2.29. The van der Waals surface area contributed by atoms with Crippen molar-refractivity contribution in [1.82, 2.24) is 0 Å². The molecule has 116 valence electrons. The maximum absolute atomic E-state index is 10.7. The van der Waals surface area contributed by atoms with E-state index in [1.807, 2.05) is 18.2 Å². The van der Waals surface area contributed by atoms with Gasteiger partial charge in [-0.3, -0.25) is 0 Å². The minimum atomic E-state index is 0.486. The third kappa shape index (κ3) is 2.72. The molecule has 0 saturated heterocycles. The minimum absolute atomic E-state index is 0.486. The van der Waals surface area contributed by atoms with E-state index < -0.39 is 0 Å². The lowest BCUT2D eigenvalue weighted by atomic mass is 9.75. The first-order valence-corrected chi connectivity index (χ1v) is 8.58. The van der Waals surface area contributed by atoms with Crippen LogP contribution in [0.5, 0.6) is 5.75 Å².